The quantitative estimate of drug-likeness (QED) is 0.482. The van der Waals surface area contributed by atoms with E-state index in [0.717, 1.165) is 5.56 Å². The van der Waals surface area contributed by atoms with E-state index < -0.39 is 12.1 Å². The number of esters is 2. The minimum atomic E-state index is -0.739. The third kappa shape index (κ3) is 3.07. The van der Waals surface area contributed by atoms with Crippen molar-refractivity contribution in [3.8, 4) is 12.3 Å². The fourth-order valence-corrected chi connectivity index (χ4v) is 1.93. The van der Waals surface area contributed by atoms with Crippen molar-refractivity contribution >= 4 is 17.7 Å². The fourth-order valence-electron chi connectivity index (χ4n) is 1.93. The number of hydrogen-bond donors (Lipinski definition) is 0. The summed E-state index contributed by atoms with van der Waals surface area (Å²) in [6, 6.07) is 7.39. The van der Waals surface area contributed by atoms with Gasteiger partial charge in [0.05, 0.1) is 18.6 Å². The minimum Gasteiger partial charge on any atom is -0.444 e. The van der Waals surface area contributed by atoms with Gasteiger partial charge in [-0.1, -0.05) is 24.1 Å². The van der Waals surface area contributed by atoms with E-state index in [9.17, 15) is 4.79 Å². The average molecular weight is 271 g/mol. The average Bonchev–Trinajstić information content (AvgIpc) is 2.44. The summed E-state index contributed by atoms with van der Waals surface area (Å²) in [7, 11) is 0. The number of terminal acetylenes is 1. The first-order valence-electron chi connectivity index (χ1n) is 6.19. The van der Waals surface area contributed by atoms with Crippen LogP contribution in [0.4, 0.5) is 0 Å². The molecule has 1 heterocycles. The molecule has 0 spiro atoms. The van der Waals surface area contributed by atoms with Crippen LogP contribution in [-0.4, -0.2) is 18.5 Å². The number of ether oxygens (including phenoxy) is 2. The lowest BCUT2D eigenvalue weighted by Crippen LogP contribution is -2.13. The Hall–Kier alpha value is -2.54. The van der Waals surface area contributed by atoms with E-state index in [1.54, 1.807) is 6.92 Å². The summed E-state index contributed by atoms with van der Waals surface area (Å²) in [5.41, 5.74) is 1.51. The molecule has 20 heavy (non-hydrogen) atoms. The van der Waals surface area contributed by atoms with Crippen LogP contribution in [0.15, 0.2) is 30.3 Å². The zero-order valence-electron chi connectivity index (χ0n) is 11.4. The zero-order valence-corrected chi connectivity index (χ0v) is 11.4. The minimum absolute atomic E-state index is 0.424. The highest BCUT2D eigenvalue weighted by Crippen LogP contribution is 2.28. The second-order valence-electron chi connectivity index (χ2n) is 4.22. The summed E-state index contributed by atoms with van der Waals surface area (Å²) in [6.07, 6.45) is 6.53. The maximum atomic E-state index is 11.1. The molecule has 4 nitrogen and oxygen atoms in total. The van der Waals surface area contributed by atoms with E-state index in [0.29, 0.717) is 23.9 Å². The van der Waals surface area contributed by atoms with E-state index in [4.69, 9.17) is 20.3 Å². The van der Waals surface area contributed by atoms with E-state index in [2.05, 4.69) is 5.92 Å². The summed E-state index contributed by atoms with van der Waals surface area (Å²) in [4.78, 5) is 11.1. The molecule has 0 N–H and O–H groups in total. The van der Waals surface area contributed by atoms with Crippen LogP contribution in [0.3, 0.4) is 0 Å². The molecule has 4 heteroatoms. The Bertz CT molecular complexity index is 620. The van der Waals surface area contributed by atoms with E-state index >= 15 is 0 Å². The summed E-state index contributed by atoms with van der Waals surface area (Å²) in [5, 5.41) is 0. The molecule has 0 fully saturated rings. The number of rotatable bonds is 3. The summed E-state index contributed by atoms with van der Waals surface area (Å²) < 4.78 is 15.9. The molecule has 0 aliphatic carbocycles. The topological polar surface area (TPSA) is 46.8 Å². The van der Waals surface area contributed by atoms with Crippen LogP contribution in [0.1, 0.15) is 31.1 Å². The van der Waals surface area contributed by atoms with Crippen LogP contribution in [0, 0.1) is 12.3 Å². The second-order valence-corrected chi connectivity index (χ2v) is 4.22. The van der Waals surface area contributed by atoms with Crippen LogP contribution in [0.25, 0.3) is 5.76 Å². The van der Waals surface area contributed by atoms with Crippen LogP contribution < -0.4 is 0 Å². The highest BCUT2D eigenvalue weighted by molar-refractivity contribution is 5.79. The molecule has 1 unspecified atom stereocenters. The van der Waals surface area contributed by atoms with Crippen LogP contribution in [0.2, 0.25) is 0 Å². The summed E-state index contributed by atoms with van der Waals surface area (Å²) >= 11 is 0. The normalized spacial score (nSPS) is 15.2. The van der Waals surface area contributed by atoms with Crippen molar-refractivity contribution in [1.82, 2.24) is 0 Å². The lowest BCUT2D eigenvalue weighted by atomic mass is 10.0. The molecular formula is C16H15O4+. The van der Waals surface area contributed by atoms with Crippen LogP contribution >= 0.6 is 0 Å². The molecule has 0 saturated carbocycles. The first-order chi connectivity index (χ1) is 9.61. The molecular weight excluding hydrogens is 256 g/mol. The van der Waals surface area contributed by atoms with Gasteiger partial charge >= 0.3 is 11.9 Å². The molecule has 2 rings (SSSR count). The summed E-state index contributed by atoms with van der Waals surface area (Å²) in [5.74, 6) is 3.18. The largest absolute Gasteiger partial charge is 0.488 e. The lowest BCUT2D eigenvalue weighted by Gasteiger charge is -2.15. The Labute approximate surface area is 117 Å². The van der Waals surface area contributed by atoms with Gasteiger partial charge in [-0.25, -0.2) is 0 Å². The number of hydrogen-bond acceptors (Lipinski definition) is 3. The van der Waals surface area contributed by atoms with Gasteiger partial charge in [0.1, 0.15) is 0 Å². The third-order valence-corrected chi connectivity index (χ3v) is 2.75. The molecule has 0 amide bonds. The maximum Gasteiger partial charge on any atom is 0.488 e. The molecule has 0 aromatic heterocycles. The molecule has 0 radical (unpaired) electrons. The number of benzene rings is 1. The van der Waals surface area contributed by atoms with Crippen LogP contribution in [0.5, 0.6) is 0 Å². The SMILES string of the molecule is C#CC(OC(C)=O)c1ccccc1C1=CC[O+]=C(C)O1. The van der Waals surface area contributed by atoms with E-state index in [-0.39, 0.29) is 0 Å². The monoisotopic (exact) mass is 271 g/mol. The second kappa shape index (κ2) is 6.07. The first-order valence-corrected chi connectivity index (χ1v) is 6.19. The molecule has 1 aromatic rings. The Balaban J connectivity index is 2.38. The van der Waals surface area contributed by atoms with Crippen molar-refractivity contribution in [2.45, 2.75) is 20.0 Å². The Morgan fingerprint density at radius 3 is 2.90 bits per heavy atom. The van der Waals surface area contributed by atoms with Gasteiger partial charge in [0, 0.05) is 12.5 Å². The summed E-state index contributed by atoms with van der Waals surface area (Å²) in [6.45, 7) is 3.50. The molecule has 0 saturated heterocycles. The Kier molecular flexibility index (Phi) is 4.21. The number of carbonyl (C=O) groups excluding carboxylic acids is 2. The predicted molar refractivity (Wildman–Crippen MR) is 74.4 cm³/mol. The smallest absolute Gasteiger partial charge is 0.444 e. The van der Waals surface area contributed by atoms with Gasteiger partial charge in [0.25, 0.3) is 5.76 Å². The maximum absolute atomic E-state index is 11.1. The number of carbonyl (C=O) groups is 1. The van der Waals surface area contributed by atoms with Crippen molar-refractivity contribution in [1.29, 1.82) is 0 Å². The zero-order chi connectivity index (χ0) is 14.5. The Morgan fingerprint density at radius 2 is 2.25 bits per heavy atom. The van der Waals surface area contributed by atoms with Crippen molar-refractivity contribution < 1.29 is 18.7 Å². The molecule has 1 aliphatic heterocycles. The van der Waals surface area contributed by atoms with Crippen molar-refractivity contribution in [3.63, 3.8) is 0 Å². The lowest BCUT2D eigenvalue weighted by molar-refractivity contribution is -0.457. The Morgan fingerprint density at radius 1 is 1.50 bits per heavy atom. The van der Waals surface area contributed by atoms with E-state index in [1.165, 1.54) is 6.92 Å². The third-order valence-electron chi connectivity index (χ3n) is 2.75. The van der Waals surface area contributed by atoms with Crippen LogP contribution in [-0.2, 0) is 18.7 Å². The standard InChI is InChI=1S/C16H15O4/c1-4-15(19-11(2)17)13-7-5-6-8-14(13)16-9-10-18-12(3)20-16/h1,5-9,15H,10H2,2-3H3/q+1. The van der Waals surface area contributed by atoms with Gasteiger partial charge in [-0.2, -0.15) is 0 Å². The van der Waals surface area contributed by atoms with Crippen molar-refractivity contribution in [3.05, 3.63) is 41.5 Å². The predicted octanol–water partition coefficient (Wildman–Crippen LogP) is 2.38. The molecule has 1 aliphatic rings. The molecule has 1 aromatic carbocycles. The van der Waals surface area contributed by atoms with Gasteiger partial charge in [-0.15, -0.1) is 6.42 Å². The van der Waals surface area contributed by atoms with Gasteiger partial charge < -0.3 is 9.16 Å². The van der Waals surface area contributed by atoms with E-state index in [1.807, 2.05) is 30.3 Å². The van der Waals surface area contributed by atoms with Gasteiger partial charge in [0.15, 0.2) is 6.10 Å². The molecule has 0 bridgehead atoms. The van der Waals surface area contributed by atoms with Crippen molar-refractivity contribution in [2.75, 3.05) is 6.61 Å². The van der Waals surface area contributed by atoms with Gasteiger partial charge in [-0.3, -0.25) is 9.53 Å². The van der Waals surface area contributed by atoms with Gasteiger partial charge in [-0.05, 0) is 6.07 Å². The van der Waals surface area contributed by atoms with Crippen molar-refractivity contribution in [2.24, 2.45) is 0 Å². The van der Waals surface area contributed by atoms with Gasteiger partial charge in [0.2, 0.25) is 6.61 Å². The molecule has 102 valence electrons. The number of cyclic esters (lactones) is 1. The molecule has 1 atom stereocenters. The fraction of sp³-hybridized carbons (Fsp3) is 0.250. The first kappa shape index (κ1) is 13.9. The highest BCUT2D eigenvalue weighted by Gasteiger charge is 2.25. The highest BCUT2D eigenvalue weighted by atomic mass is 16.6.